The van der Waals surface area contributed by atoms with Crippen molar-refractivity contribution in [2.24, 2.45) is 0 Å². The quantitative estimate of drug-likeness (QED) is 0.754. The number of benzene rings is 1. The molecule has 1 N–H and O–H groups in total. The molecule has 1 aromatic rings. The zero-order chi connectivity index (χ0) is 9.26. The van der Waals surface area contributed by atoms with Crippen molar-refractivity contribution in [3.63, 3.8) is 0 Å². The Morgan fingerprint density at radius 1 is 1.62 bits per heavy atom. The molecule has 13 heavy (non-hydrogen) atoms. The van der Waals surface area contributed by atoms with Crippen molar-refractivity contribution in [3.8, 4) is 11.8 Å². The largest absolute Gasteiger partial charge is 0.487 e. The Bertz CT molecular complexity index is 372. The van der Waals surface area contributed by atoms with E-state index in [1.54, 1.807) is 0 Å². The van der Waals surface area contributed by atoms with Gasteiger partial charge in [-0.05, 0) is 28.1 Å². The molecule has 0 radical (unpaired) electrons. The van der Waals surface area contributed by atoms with Gasteiger partial charge >= 0.3 is 0 Å². The first-order valence-electron chi connectivity index (χ1n) is 3.89. The highest BCUT2D eigenvalue weighted by Crippen LogP contribution is 2.35. The van der Waals surface area contributed by atoms with Crippen molar-refractivity contribution < 1.29 is 4.74 Å². The van der Waals surface area contributed by atoms with Crippen LogP contribution in [0.3, 0.4) is 0 Å². The standard InChI is InChI=1S/C9H7BrN2O/c10-7-2-1-3-8-9(7)13-5-6(4-11)12-8/h1-3,6,12H,5H2. The van der Waals surface area contributed by atoms with Crippen molar-refractivity contribution in [2.45, 2.75) is 6.04 Å². The van der Waals surface area contributed by atoms with Gasteiger partial charge in [0.15, 0.2) is 5.75 Å². The van der Waals surface area contributed by atoms with Gasteiger partial charge in [-0.15, -0.1) is 0 Å². The van der Waals surface area contributed by atoms with Crippen LogP contribution in [0.15, 0.2) is 22.7 Å². The van der Waals surface area contributed by atoms with Crippen LogP contribution in [0, 0.1) is 11.3 Å². The van der Waals surface area contributed by atoms with Crippen molar-refractivity contribution in [3.05, 3.63) is 22.7 Å². The summed E-state index contributed by atoms with van der Waals surface area (Å²) in [5.74, 6) is 0.786. The molecule has 0 aromatic heterocycles. The van der Waals surface area contributed by atoms with Gasteiger partial charge < -0.3 is 10.1 Å². The number of fused-ring (bicyclic) bond motifs is 1. The lowest BCUT2D eigenvalue weighted by Gasteiger charge is -2.23. The minimum absolute atomic E-state index is 0.248. The van der Waals surface area contributed by atoms with Gasteiger partial charge in [0.2, 0.25) is 0 Å². The van der Waals surface area contributed by atoms with E-state index in [4.69, 9.17) is 10.00 Å². The lowest BCUT2D eigenvalue weighted by atomic mass is 10.2. The molecule has 3 nitrogen and oxygen atoms in total. The highest BCUT2D eigenvalue weighted by molar-refractivity contribution is 9.10. The molecule has 0 saturated carbocycles. The number of ether oxygens (including phenoxy) is 1. The van der Waals surface area contributed by atoms with Gasteiger partial charge in [0.1, 0.15) is 12.6 Å². The molecule has 1 aliphatic rings. The molecule has 1 unspecified atom stereocenters. The molecule has 1 heterocycles. The summed E-state index contributed by atoms with van der Waals surface area (Å²) in [5, 5.41) is 11.8. The van der Waals surface area contributed by atoms with E-state index < -0.39 is 0 Å². The first-order chi connectivity index (χ1) is 6.31. The Balaban J connectivity index is 2.37. The third-order valence-corrected chi connectivity index (χ3v) is 2.47. The second-order valence-electron chi connectivity index (χ2n) is 2.75. The van der Waals surface area contributed by atoms with Gasteiger partial charge in [0.05, 0.1) is 16.2 Å². The molecule has 2 rings (SSSR count). The molecule has 0 amide bonds. The van der Waals surface area contributed by atoms with Crippen LogP contribution < -0.4 is 10.1 Å². The van der Waals surface area contributed by atoms with E-state index in [1.165, 1.54) is 0 Å². The minimum Gasteiger partial charge on any atom is -0.487 e. The summed E-state index contributed by atoms with van der Waals surface area (Å²) in [4.78, 5) is 0. The molecule has 1 atom stereocenters. The maximum absolute atomic E-state index is 8.68. The summed E-state index contributed by atoms with van der Waals surface area (Å²) in [5.41, 5.74) is 0.868. The molecule has 66 valence electrons. The van der Waals surface area contributed by atoms with Gasteiger partial charge in [-0.25, -0.2) is 0 Å². The Labute approximate surface area is 84.4 Å². The van der Waals surface area contributed by atoms with E-state index in [2.05, 4.69) is 27.3 Å². The molecule has 1 aromatic carbocycles. The summed E-state index contributed by atoms with van der Waals surface area (Å²) in [6, 6.07) is 7.57. The van der Waals surface area contributed by atoms with Gasteiger partial charge in [0.25, 0.3) is 0 Å². The van der Waals surface area contributed by atoms with Crippen molar-refractivity contribution >= 4 is 21.6 Å². The van der Waals surface area contributed by atoms with E-state index in [0.717, 1.165) is 15.9 Å². The van der Waals surface area contributed by atoms with Crippen LogP contribution >= 0.6 is 15.9 Å². The lowest BCUT2D eigenvalue weighted by molar-refractivity contribution is 0.302. The second-order valence-corrected chi connectivity index (χ2v) is 3.61. The highest BCUT2D eigenvalue weighted by atomic mass is 79.9. The average molecular weight is 239 g/mol. The Hall–Kier alpha value is -1.21. The molecule has 1 aliphatic heterocycles. The fraction of sp³-hybridized carbons (Fsp3) is 0.222. The first-order valence-corrected chi connectivity index (χ1v) is 4.68. The fourth-order valence-electron chi connectivity index (χ4n) is 1.23. The van der Waals surface area contributed by atoms with Crippen LogP contribution in [-0.2, 0) is 0 Å². The predicted molar refractivity (Wildman–Crippen MR) is 52.7 cm³/mol. The summed E-state index contributed by atoms with van der Waals surface area (Å²) >= 11 is 3.38. The van der Waals surface area contributed by atoms with Gasteiger partial charge in [0, 0.05) is 0 Å². The summed E-state index contributed by atoms with van der Waals surface area (Å²) in [7, 11) is 0. The molecule has 0 saturated heterocycles. The number of nitrogens with zero attached hydrogens (tertiary/aromatic N) is 1. The van der Waals surface area contributed by atoms with Crippen LogP contribution in [-0.4, -0.2) is 12.6 Å². The number of nitriles is 1. The maximum Gasteiger partial charge on any atom is 0.156 e. The van der Waals surface area contributed by atoms with Crippen LogP contribution in [0.2, 0.25) is 0 Å². The molecular weight excluding hydrogens is 232 g/mol. The lowest BCUT2D eigenvalue weighted by Crippen LogP contribution is -2.29. The molecule has 0 bridgehead atoms. The summed E-state index contributed by atoms with van der Waals surface area (Å²) < 4.78 is 6.34. The average Bonchev–Trinajstić information content (AvgIpc) is 2.18. The van der Waals surface area contributed by atoms with Crippen molar-refractivity contribution in [2.75, 3.05) is 11.9 Å². The van der Waals surface area contributed by atoms with Crippen LogP contribution in [0.25, 0.3) is 0 Å². The Kier molecular flexibility index (Phi) is 2.11. The number of halogens is 1. The predicted octanol–water partition coefficient (Wildman–Crippen LogP) is 2.15. The topological polar surface area (TPSA) is 45.0 Å². The fourth-order valence-corrected chi connectivity index (χ4v) is 1.72. The van der Waals surface area contributed by atoms with E-state index >= 15 is 0 Å². The van der Waals surface area contributed by atoms with Crippen molar-refractivity contribution in [1.29, 1.82) is 5.26 Å². The number of anilines is 1. The van der Waals surface area contributed by atoms with E-state index in [-0.39, 0.29) is 6.04 Å². The van der Waals surface area contributed by atoms with E-state index in [0.29, 0.717) is 6.61 Å². The van der Waals surface area contributed by atoms with Crippen LogP contribution in [0.4, 0.5) is 5.69 Å². The Morgan fingerprint density at radius 3 is 3.23 bits per heavy atom. The number of rotatable bonds is 0. The van der Waals surface area contributed by atoms with Crippen LogP contribution in [0.5, 0.6) is 5.75 Å². The zero-order valence-electron chi connectivity index (χ0n) is 6.75. The number of nitrogens with one attached hydrogen (secondary N) is 1. The SMILES string of the molecule is N#CC1COc2c(Br)cccc2N1. The highest BCUT2D eigenvalue weighted by Gasteiger charge is 2.19. The number of para-hydroxylation sites is 1. The normalized spacial score (nSPS) is 19.2. The van der Waals surface area contributed by atoms with Gasteiger partial charge in [-0.1, -0.05) is 6.07 Å². The third-order valence-electron chi connectivity index (χ3n) is 1.85. The summed E-state index contributed by atoms with van der Waals surface area (Å²) in [6.45, 7) is 0.395. The zero-order valence-corrected chi connectivity index (χ0v) is 8.34. The monoisotopic (exact) mass is 238 g/mol. The smallest absolute Gasteiger partial charge is 0.156 e. The number of hydrogen-bond acceptors (Lipinski definition) is 3. The molecule has 0 spiro atoms. The molecule has 0 fully saturated rings. The molecular formula is C9H7BrN2O. The molecule has 0 aliphatic carbocycles. The first kappa shape index (κ1) is 8.39. The number of hydrogen-bond donors (Lipinski definition) is 1. The van der Waals surface area contributed by atoms with Crippen molar-refractivity contribution in [1.82, 2.24) is 0 Å². The minimum atomic E-state index is -0.248. The second kappa shape index (κ2) is 3.27. The van der Waals surface area contributed by atoms with Gasteiger partial charge in [-0.2, -0.15) is 5.26 Å². The van der Waals surface area contributed by atoms with Crippen LogP contribution in [0.1, 0.15) is 0 Å². The summed E-state index contributed by atoms with van der Waals surface area (Å²) in [6.07, 6.45) is 0. The van der Waals surface area contributed by atoms with E-state index in [1.807, 2.05) is 18.2 Å². The maximum atomic E-state index is 8.68. The molecule has 4 heteroatoms. The third kappa shape index (κ3) is 1.47. The van der Waals surface area contributed by atoms with E-state index in [9.17, 15) is 0 Å². The Morgan fingerprint density at radius 2 is 2.46 bits per heavy atom. The van der Waals surface area contributed by atoms with Gasteiger partial charge in [-0.3, -0.25) is 0 Å².